The van der Waals surface area contributed by atoms with Crippen molar-refractivity contribution in [3.05, 3.63) is 11.9 Å². The molecule has 0 fully saturated rings. The Morgan fingerprint density at radius 2 is 2.14 bits per heavy atom. The van der Waals surface area contributed by atoms with Gasteiger partial charge in [0.05, 0.1) is 0 Å². The van der Waals surface area contributed by atoms with Crippen LogP contribution in [0.3, 0.4) is 0 Å². The number of thioether (sulfide) groups is 1. The Kier molecular flexibility index (Phi) is 4.20. The fraction of sp³-hybridized carbons (Fsp3) is 0.600. The molecule has 0 amide bonds. The van der Waals surface area contributed by atoms with E-state index in [-0.39, 0.29) is 0 Å². The summed E-state index contributed by atoms with van der Waals surface area (Å²) in [5.74, 6) is 1.43. The van der Waals surface area contributed by atoms with Crippen molar-refractivity contribution in [1.82, 2.24) is 9.97 Å². The Labute approximate surface area is 89.5 Å². The Bertz CT molecular complexity index is 299. The Balaban J connectivity index is 2.83. The van der Waals surface area contributed by atoms with Gasteiger partial charge in [0.2, 0.25) is 0 Å². The lowest BCUT2D eigenvalue weighted by Gasteiger charge is -2.06. The lowest BCUT2D eigenvalue weighted by atomic mass is 10.3. The summed E-state index contributed by atoms with van der Waals surface area (Å²) < 4.78 is 0. The fourth-order valence-electron chi connectivity index (χ4n) is 1.13. The van der Waals surface area contributed by atoms with Crippen LogP contribution < -0.4 is 5.73 Å². The monoisotopic (exact) mass is 211 g/mol. The number of nitrogens with zero attached hydrogens (tertiary/aromatic N) is 2. The van der Waals surface area contributed by atoms with Crippen LogP contribution in [0.5, 0.6) is 0 Å². The van der Waals surface area contributed by atoms with E-state index in [0.717, 1.165) is 23.7 Å². The van der Waals surface area contributed by atoms with Crippen LogP contribution >= 0.6 is 11.8 Å². The van der Waals surface area contributed by atoms with Crippen molar-refractivity contribution in [2.24, 2.45) is 0 Å². The van der Waals surface area contributed by atoms with Gasteiger partial charge in [-0.15, -0.1) is 11.8 Å². The van der Waals surface area contributed by atoms with Gasteiger partial charge in [-0.2, -0.15) is 0 Å². The molecule has 14 heavy (non-hydrogen) atoms. The number of nitrogen functional groups attached to an aromatic ring is 1. The molecule has 0 atom stereocenters. The van der Waals surface area contributed by atoms with Crippen molar-refractivity contribution in [3.63, 3.8) is 0 Å². The number of aryl methyl sites for hydroxylation is 1. The maximum Gasteiger partial charge on any atom is 0.132 e. The summed E-state index contributed by atoms with van der Waals surface area (Å²) in [4.78, 5) is 8.62. The summed E-state index contributed by atoms with van der Waals surface area (Å²) >= 11 is 1.72. The van der Waals surface area contributed by atoms with Crippen LogP contribution in [0.2, 0.25) is 0 Å². The first-order valence-electron chi connectivity index (χ1n) is 4.92. The van der Waals surface area contributed by atoms with Gasteiger partial charge < -0.3 is 5.73 Å². The Morgan fingerprint density at radius 3 is 2.71 bits per heavy atom. The number of nitrogens with two attached hydrogens (primary N) is 1. The average molecular weight is 211 g/mol. The second-order valence-electron chi connectivity index (χ2n) is 3.46. The molecule has 0 aliphatic carbocycles. The highest BCUT2D eigenvalue weighted by Gasteiger charge is 2.04. The van der Waals surface area contributed by atoms with E-state index >= 15 is 0 Å². The highest BCUT2D eigenvalue weighted by molar-refractivity contribution is 7.99. The standard InChI is InChI=1S/C10H17N3S/c1-4-5-9-12-8(11)6-10(13-9)14-7(2)3/h6-7H,4-5H2,1-3H3,(H2,11,12,13). The maximum absolute atomic E-state index is 5.70. The van der Waals surface area contributed by atoms with Crippen LogP contribution in [-0.2, 0) is 6.42 Å². The number of hydrogen-bond donors (Lipinski definition) is 1. The highest BCUT2D eigenvalue weighted by atomic mass is 32.2. The van der Waals surface area contributed by atoms with Gasteiger partial charge in [0, 0.05) is 17.7 Å². The first kappa shape index (κ1) is 11.3. The lowest BCUT2D eigenvalue weighted by molar-refractivity contribution is 0.812. The molecule has 4 heteroatoms. The highest BCUT2D eigenvalue weighted by Crippen LogP contribution is 2.22. The van der Waals surface area contributed by atoms with E-state index in [1.165, 1.54) is 0 Å². The number of anilines is 1. The molecule has 0 aliphatic heterocycles. The van der Waals surface area contributed by atoms with Crippen molar-refractivity contribution in [3.8, 4) is 0 Å². The predicted molar refractivity (Wildman–Crippen MR) is 61.4 cm³/mol. The summed E-state index contributed by atoms with van der Waals surface area (Å²) in [6.45, 7) is 6.40. The van der Waals surface area contributed by atoms with Crippen molar-refractivity contribution >= 4 is 17.6 Å². The molecular weight excluding hydrogens is 194 g/mol. The minimum Gasteiger partial charge on any atom is -0.384 e. The van der Waals surface area contributed by atoms with Crippen molar-refractivity contribution in [2.45, 2.75) is 43.9 Å². The summed E-state index contributed by atoms with van der Waals surface area (Å²) in [5, 5.41) is 1.51. The Hall–Kier alpha value is -0.770. The third kappa shape index (κ3) is 3.54. The molecule has 0 spiro atoms. The van der Waals surface area contributed by atoms with Crippen molar-refractivity contribution < 1.29 is 0 Å². The number of rotatable bonds is 4. The number of aromatic nitrogens is 2. The van der Waals surface area contributed by atoms with E-state index in [4.69, 9.17) is 5.73 Å². The molecule has 1 rings (SSSR count). The van der Waals surface area contributed by atoms with E-state index in [1.54, 1.807) is 11.8 Å². The van der Waals surface area contributed by atoms with Crippen LogP contribution in [0.1, 0.15) is 33.0 Å². The van der Waals surface area contributed by atoms with E-state index in [9.17, 15) is 0 Å². The first-order valence-corrected chi connectivity index (χ1v) is 5.80. The quantitative estimate of drug-likeness (QED) is 0.614. The molecule has 3 nitrogen and oxygen atoms in total. The topological polar surface area (TPSA) is 51.8 Å². The third-order valence-electron chi connectivity index (χ3n) is 1.60. The molecule has 0 unspecified atom stereocenters. The SMILES string of the molecule is CCCc1nc(N)cc(SC(C)C)n1. The van der Waals surface area contributed by atoms with Crippen molar-refractivity contribution in [2.75, 3.05) is 5.73 Å². The average Bonchev–Trinajstić information content (AvgIpc) is 2.01. The predicted octanol–water partition coefficient (Wildman–Crippen LogP) is 2.51. The molecule has 0 radical (unpaired) electrons. The molecular formula is C10H17N3S. The van der Waals surface area contributed by atoms with Gasteiger partial charge >= 0.3 is 0 Å². The van der Waals surface area contributed by atoms with E-state index in [2.05, 4.69) is 30.7 Å². The lowest BCUT2D eigenvalue weighted by Crippen LogP contribution is -2.01. The van der Waals surface area contributed by atoms with Gasteiger partial charge in [-0.1, -0.05) is 20.8 Å². The van der Waals surface area contributed by atoms with Gasteiger partial charge in [0.25, 0.3) is 0 Å². The van der Waals surface area contributed by atoms with Gasteiger partial charge in [0.1, 0.15) is 16.7 Å². The van der Waals surface area contributed by atoms with Gasteiger partial charge in [-0.3, -0.25) is 0 Å². The third-order valence-corrected chi connectivity index (χ3v) is 2.52. The zero-order chi connectivity index (χ0) is 10.6. The fourth-order valence-corrected chi connectivity index (χ4v) is 1.96. The first-order chi connectivity index (χ1) is 6.61. The van der Waals surface area contributed by atoms with Gasteiger partial charge in [-0.25, -0.2) is 9.97 Å². The molecule has 0 aromatic carbocycles. The summed E-state index contributed by atoms with van der Waals surface area (Å²) in [6, 6.07) is 1.84. The largest absolute Gasteiger partial charge is 0.384 e. The van der Waals surface area contributed by atoms with E-state index in [1.807, 2.05) is 6.07 Å². The van der Waals surface area contributed by atoms with E-state index < -0.39 is 0 Å². The zero-order valence-corrected chi connectivity index (χ0v) is 9.77. The molecule has 0 saturated heterocycles. The molecule has 0 saturated carbocycles. The molecule has 78 valence electrons. The second kappa shape index (κ2) is 5.20. The van der Waals surface area contributed by atoms with Crippen LogP contribution in [0, 0.1) is 0 Å². The molecule has 1 heterocycles. The second-order valence-corrected chi connectivity index (χ2v) is 5.06. The smallest absolute Gasteiger partial charge is 0.132 e. The van der Waals surface area contributed by atoms with Crippen molar-refractivity contribution in [1.29, 1.82) is 0 Å². The minimum atomic E-state index is 0.527. The Morgan fingerprint density at radius 1 is 1.43 bits per heavy atom. The maximum atomic E-state index is 5.70. The molecule has 2 N–H and O–H groups in total. The molecule has 1 aromatic heterocycles. The van der Waals surface area contributed by atoms with Crippen LogP contribution in [0.15, 0.2) is 11.1 Å². The van der Waals surface area contributed by atoms with Crippen LogP contribution in [0.25, 0.3) is 0 Å². The molecule has 1 aromatic rings. The normalized spacial score (nSPS) is 10.9. The van der Waals surface area contributed by atoms with Gasteiger partial charge in [-0.05, 0) is 6.42 Å². The van der Waals surface area contributed by atoms with Gasteiger partial charge in [0.15, 0.2) is 0 Å². The zero-order valence-electron chi connectivity index (χ0n) is 8.95. The summed E-state index contributed by atoms with van der Waals surface area (Å²) in [7, 11) is 0. The van der Waals surface area contributed by atoms with E-state index in [0.29, 0.717) is 11.1 Å². The summed E-state index contributed by atoms with van der Waals surface area (Å²) in [5.41, 5.74) is 5.70. The van der Waals surface area contributed by atoms with Crippen LogP contribution in [0.4, 0.5) is 5.82 Å². The molecule has 0 bridgehead atoms. The minimum absolute atomic E-state index is 0.527. The number of hydrogen-bond acceptors (Lipinski definition) is 4. The summed E-state index contributed by atoms with van der Waals surface area (Å²) in [6.07, 6.45) is 1.95. The molecule has 0 aliphatic rings. The van der Waals surface area contributed by atoms with Crippen LogP contribution in [-0.4, -0.2) is 15.2 Å².